The van der Waals surface area contributed by atoms with Gasteiger partial charge in [0.05, 0.1) is 13.2 Å². The minimum atomic E-state index is 0.229. The van der Waals surface area contributed by atoms with Crippen LogP contribution < -0.4 is 0 Å². The van der Waals surface area contributed by atoms with Gasteiger partial charge in [0.25, 0.3) is 0 Å². The first-order valence-corrected chi connectivity index (χ1v) is 8.27. The van der Waals surface area contributed by atoms with Crippen molar-refractivity contribution in [1.29, 1.82) is 0 Å². The molecule has 0 radical (unpaired) electrons. The van der Waals surface area contributed by atoms with Gasteiger partial charge in [0.15, 0.2) is 0 Å². The molecule has 0 aromatic heterocycles. The first-order chi connectivity index (χ1) is 9.38. The molecule has 1 heterocycles. The van der Waals surface area contributed by atoms with Crippen LogP contribution in [0.5, 0.6) is 0 Å². The Morgan fingerprint density at radius 2 is 1.63 bits per heavy atom. The second-order valence-electron chi connectivity index (χ2n) is 5.59. The van der Waals surface area contributed by atoms with Crippen LogP contribution in [0.3, 0.4) is 0 Å². The van der Waals surface area contributed by atoms with Crippen LogP contribution in [0.25, 0.3) is 0 Å². The van der Waals surface area contributed by atoms with Crippen LogP contribution in [0.2, 0.25) is 0 Å². The fourth-order valence-electron chi connectivity index (χ4n) is 2.72. The maximum atomic E-state index is 8.97. The Morgan fingerprint density at radius 1 is 1.00 bits per heavy atom. The first kappa shape index (κ1) is 16.5. The van der Waals surface area contributed by atoms with E-state index in [1.54, 1.807) is 0 Å². The van der Waals surface area contributed by atoms with E-state index in [0.29, 0.717) is 0 Å². The molecule has 0 amide bonds. The average Bonchev–Trinajstić information content (AvgIpc) is 2.85. The summed E-state index contributed by atoms with van der Waals surface area (Å²) in [6.07, 6.45) is 13.1. The number of hydrogen-bond acceptors (Lipinski definition) is 3. The van der Waals surface area contributed by atoms with Crippen LogP contribution in [0.15, 0.2) is 4.99 Å². The van der Waals surface area contributed by atoms with Gasteiger partial charge in [0, 0.05) is 19.5 Å². The smallest absolute Gasteiger partial charge is 0.101 e. The molecule has 0 aromatic rings. The predicted octanol–water partition coefficient (Wildman–Crippen LogP) is 3.61. The maximum absolute atomic E-state index is 8.97. The summed E-state index contributed by atoms with van der Waals surface area (Å²) in [6.45, 7) is 5.62. The first-order valence-electron chi connectivity index (χ1n) is 8.27. The van der Waals surface area contributed by atoms with Crippen LogP contribution in [0, 0.1) is 0 Å². The summed E-state index contributed by atoms with van der Waals surface area (Å²) < 4.78 is 0. The Morgan fingerprint density at radius 3 is 2.26 bits per heavy atom. The number of aliphatic imine (C=N–C) groups is 1. The van der Waals surface area contributed by atoms with Crippen molar-refractivity contribution < 1.29 is 5.11 Å². The number of nitrogens with zero attached hydrogens (tertiary/aromatic N) is 2. The van der Waals surface area contributed by atoms with E-state index in [1.165, 1.54) is 57.8 Å². The SMILES string of the molecule is CCCCCCCCCCCN1CCN=C1CCO. The van der Waals surface area contributed by atoms with Crippen LogP contribution in [-0.4, -0.2) is 42.1 Å². The summed E-state index contributed by atoms with van der Waals surface area (Å²) in [4.78, 5) is 6.80. The van der Waals surface area contributed by atoms with E-state index in [4.69, 9.17) is 5.11 Å². The highest BCUT2D eigenvalue weighted by molar-refractivity contribution is 5.83. The lowest BCUT2D eigenvalue weighted by molar-refractivity contribution is 0.300. The van der Waals surface area contributed by atoms with Crippen LogP contribution in [0.4, 0.5) is 0 Å². The van der Waals surface area contributed by atoms with Crippen molar-refractivity contribution in [3.63, 3.8) is 0 Å². The molecule has 0 atom stereocenters. The zero-order valence-corrected chi connectivity index (χ0v) is 12.7. The molecule has 0 fully saturated rings. The van der Waals surface area contributed by atoms with Crippen LogP contribution in [0.1, 0.15) is 71.1 Å². The van der Waals surface area contributed by atoms with E-state index in [-0.39, 0.29) is 6.61 Å². The Hall–Kier alpha value is -0.570. The van der Waals surface area contributed by atoms with Crippen molar-refractivity contribution in [1.82, 2.24) is 4.90 Å². The molecule has 1 N–H and O–H groups in total. The fourth-order valence-corrected chi connectivity index (χ4v) is 2.72. The topological polar surface area (TPSA) is 35.8 Å². The molecule has 1 aliphatic heterocycles. The molecule has 0 aromatic carbocycles. The van der Waals surface area contributed by atoms with E-state index in [9.17, 15) is 0 Å². The van der Waals surface area contributed by atoms with Gasteiger partial charge in [-0.15, -0.1) is 0 Å². The van der Waals surface area contributed by atoms with Crippen molar-refractivity contribution in [2.45, 2.75) is 71.1 Å². The van der Waals surface area contributed by atoms with Crippen molar-refractivity contribution in [3.05, 3.63) is 0 Å². The molecule has 3 nitrogen and oxygen atoms in total. The average molecular weight is 268 g/mol. The third kappa shape index (κ3) is 7.56. The van der Waals surface area contributed by atoms with Gasteiger partial charge < -0.3 is 10.0 Å². The normalized spacial score (nSPS) is 15.1. The standard InChI is InChI=1S/C16H32N2O/c1-2-3-4-5-6-7-8-9-10-13-18-14-12-17-16(18)11-15-19/h19H,2-15H2,1H3. The largest absolute Gasteiger partial charge is 0.396 e. The summed E-state index contributed by atoms with van der Waals surface area (Å²) in [5.41, 5.74) is 0. The molecule has 0 aliphatic carbocycles. The van der Waals surface area contributed by atoms with Crippen molar-refractivity contribution in [2.24, 2.45) is 4.99 Å². The highest BCUT2D eigenvalue weighted by atomic mass is 16.3. The summed E-state index contributed by atoms with van der Waals surface area (Å²) in [5, 5.41) is 8.97. The minimum Gasteiger partial charge on any atom is -0.396 e. The zero-order valence-electron chi connectivity index (χ0n) is 12.7. The second-order valence-corrected chi connectivity index (χ2v) is 5.59. The zero-order chi connectivity index (χ0) is 13.8. The number of aliphatic hydroxyl groups is 1. The summed E-state index contributed by atoms with van der Waals surface area (Å²) in [6, 6.07) is 0. The Balaban J connectivity index is 1.89. The van der Waals surface area contributed by atoms with Gasteiger partial charge in [-0.2, -0.15) is 0 Å². The summed E-state index contributed by atoms with van der Waals surface area (Å²) in [5.74, 6) is 1.13. The number of unbranched alkanes of at least 4 members (excludes halogenated alkanes) is 8. The molecule has 0 spiro atoms. The van der Waals surface area contributed by atoms with Crippen molar-refractivity contribution >= 4 is 5.84 Å². The minimum absolute atomic E-state index is 0.229. The van der Waals surface area contributed by atoms with Gasteiger partial charge >= 0.3 is 0 Å². The number of rotatable bonds is 12. The third-order valence-electron chi connectivity index (χ3n) is 3.90. The van der Waals surface area contributed by atoms with Gasteiger partial charge in [0.2, 0.25) is 0 Å². The van der Waals surface area contributed by atoms with Crippen molar-refractivity contribution in [3.8, 4) is 0 Å². The highest BCUT2D eigenvalue weighted by Crippen LogP contribution is 2.11. The molecule has 0 saturated carbocycles. The van der Waals surface area contributed by atoms with Gasteiger partial charge in [-0.25, -0.2) is 0 Å². The third-order valence-corrected chi connectivity index (χ3v) is 3.90. The highest BCUT2D eigenvalue weighted by Gasteiger charge is 2.14. The molecule has 19 heavy (non-hydrogen) atoms. The van der Waals surface area contributed by atoms with Gasteiger partial charge in [-0.05, 0) is 6.42 Å². The number of amidine groups is 1. The summed E-state index contributed by atoms with van der Waals surface area (Å²) >= 11 is 0. The Bertz CT molecular complexity index is 241. The van der Waals surface area contributed by atoms with E-state index in [1.807, 2.05) is 0 Å². The molecule has 112 valence electrons. The number of aliphatic hydroxyl groups excluding tert-OH is 1. The van der Waals surface area contributed by atoms with Gasteiger partial charge in [-0.1, -0.05) is 58.3 Å². The molecular formula is C16H32N2O. The van der Waals surface area contributed by atoms with Crippen LogP contribution in [-0.2, 0) is 0 Å². The molecular weight excluding hydrogens is 236 g/mol. The van der Waals surface area contributed by atoms with Gasteiger partial charge in [0.1, 0.15) is 5.84 Å². The molecule has 1 rings (SSSR count). The second kappa shape index (κ2) is 11.3. The molecule has 1 aliphatic rings. The van der Waals surface area contributed by atoms with Crippen molar-refractivity contribution in [2.75, 3.05) is 26.2 Å². The lowest BCUT2D eigenvalue weighted by Gasteiger charge is -2.19. The lowest BCUT2D eigenvalue weighted by atomic mass is 10.1. The van der Waals surface area contributed by atoms with E-state index < -0.39 is 0 Å². The maximum Gasteiger partial charge on any atom is 0.101 e. The molecule has 0 bridgehead atoms. The predicted molar refractivity (Wildman–Crippen MR) is 82.8 cm³/mol. The van der Waals surface area contributed by atoms with Crippen LogP contribution >= 0.6 is 0 Å². The Kier molecular flexibility index (Phi) is 9.78. The molecule has 0 unspecified atom stereocenters. The van der Waals surface area contributed by atoms with Gasteiger partial charge in [-0.3, -0.25) is 4.99 Å². The lowest BCUT2D eigenvalue weighted by Crippen LogP contribution is -2.29. The van der Waals surface area contributed by atoms with E-state index in [2.05, 4.69) is 16.8 Å². The molecule has 0 saturated heterocycles. The summed E-state index contributed by atoms with van der Waals surface area (Å²) in [7, 11) is 0. The van der Waals surface area contributed by atoms with E-state index in [0.717, 1.165) is 31.9 Å². The number of hydrogen-bond donors (Lipinski definition) is 1. The monoisotopic (exact) mass is 268 g/mol. The fraction of sp³-hybridized carbons (Fsp3) is 0.938. The molecule has 3 heteroatoms. The quantitative estimate of drug-likeness (QED) is 0.549. The van der Waals surface area contributed by atoms with E-state index >= 15 is 0 Å². The Labute approximate surface area is 119 Å².